The zero-order valence-electron chi connectivity index (χ0n) is 14.0. The zero-order chi connectivity index (χ0) is 17.5. The highest BCUT2D eigenvalue weighted by Crippen LogP contribution is 2.37. The highest BCUT2D eigenvalue weighted by molar-refractivity contribution is 5.49. The summed E-state index contributed by atoms with van der Waals surface area (Å²) in [5.74, 6) is 0. The average molecular weight is 333 g/mol. The van der Waals surface area contributed by atoms with E-state index in [1.807, 2.05) is 54.6 Å². The van der Waals surface area contributed by atoms with Gasteiger partial charge in [-0.25, -0.2) is 0 Å². The maximum atomic E-state index is 9.71. The Morgan fingerprint density at radius 2 is 0.920 bits per heavy atom. The fourth-order valence-corrected chi connectivity index (χ4v) is 3.27. The maximum Gasteiger partial charge on any atom is 0.0951 e. The molecule has 0 fully saturated rings. The fourth-order valence-electron chi connectivity index (χ4n) is 3.27. The van der Waals surface area contributed by atoms with Gasteiger partial charge in [0.2, 0.25) is 0 Å². The van der Waals surface area contributed by atoms with E-state index in [4.69, 9.17) is 0 Å². The van der Waals surface area contributed by atoms with Gasteiger partial charge >= 0.3 is 0 Å². The zero-order valence-corrected chi connectivity index (χ0v) is 14.0. The van der Waals surface area contributed by atoms with Crippen LogP contribution in [0.5, 0.6) is 0 Å². The lowest BCUT2D eigenvalue weighted by atomic mass is 9.76. The molecule has 0 saturated heterocycles. The summed E-state index contributed by atoms with van der Waals surface area (Å²) in [6.45, 7) is -0.296. The minimum Gasteiger partial charge on any atom is -0.395 e. The first-order chi connectivity index (χ1) is 12.3. The minimum absolute atomic E-state index is 0.148. The Bertz CT molecular complexity index is 659. The Kier molecular flexibility index (Phi) is 5.61. The van der Waals surface area contributed by atoms with E-state index < -0.39 is 11.6 Å². The summed E-state index contributed by atoms with van der Waals surface area (Å²) in [5, 5.41) is 22.9. The summed E-state index contributed by atoms with van der Waals surface area (Å²) >= 11 is 0. The van der Waals surface area contributed by atoms with E-state index in [2.05, 4.69) is 41.7 Å². The molecule has 0 atom stereocenters. The van der Waals surface area contributed by atoms with Gasteiger partial charge < -0.3 is 10.2 Å². The number of aliphatic hydroxyl groups excluding tert-OH is 2. The van der Waals surface area contributed by atoms with Crippen LogP contribution in [0.3, 0.4) is 0 Å². The van der Waals surface area contributed by atoms with Crippen molar-refractivity contribution >= 4 is 0 Å². The second-order valence-corrected chi connectivity index (χ2v) is 6.05. The molecule has 3 aromatic carbocycles. The highest BCUT2D eigenvalue weighted by atomic mass is 16.3. The normalized spacial score (nSPS) is 11.6. The lowest BCUT2D eigenvalue weighted by Gasteiger charge is -2.39. The predicted molar refractivity (Wildman–Crippen MR) is 100 cm³/mol. The van der Waals surface area contributed by atoms with Crippen molar-refractivity contribution in [3.8, 4) is 0 Å². The SMILES string of the molecule is OCC(CO)NC(c1ccccc1)(c1ccccc1)c1ccccc1. The molecule has 3 nitrogen and oxygen atoms in total. The minimum atomic E-state index is -0.667. The van der Waals surface area contributed by atoms with Crippen molar-refractivity contribution in [2.75, 3.05) is 13.2 Å². The molecule has 0 bridgehead atoms. The maximum absolute atomic E-state index is 9.71. The summed E-state index contributed by atoms with van der Waals surface area (Å²) < 4.78 is 0. The molecule has 0 unspecified atom stereocenters. The van der Waals surface area contributed by atoms with E-state index in [0.29, 0.717) is 0 Å². The molecular weight excluding hydrogens is 310 g/mol. The first-order valence-corrected chi connectivity index (χ1v) is 8.47. The van der Waals surface area contributed by atoms with Gasteiger partial charge in [0.1, 0.15) is 0 Å². The Morgan fingerprint density at radius 1 is 0.600 bits per heavy atom. The van der Waals surface area contributed by atoms with Crippen LogP contribution < -0.4 is 5.32 Å². The number of nitrogens with one attached hydrogen (secondary N) is 1. The van der Waals surface area contributed by atoms with Crippen molar-refractivity contribution in [3.63, 3.8) is 0 Å². The van der Waals surface area contributed by atoms with Gasteiger partial charge in [-0.05, 0) is 16.7 Å². The molecule has 3 heteroatoms. The second-order valence-electron chi connectivity index (χ2n) is 6.05. The molecule has 3 rings (SSSR count). The van der Waals surface area contributed by atoms with Gasteiger partial charge in [-0.2, -0.15) is 0 Å². The van der Waals surface area contributed by atoms with Gasteiger partial charge in [-0.3, -0.25) is 5.32 Å². The topological polar surface area (TPSA) is 52.5 Å². The van der Waals surface area contributed by atoms with Crippen LogP contribution in [0, 0.1) is 0 Å². The summed E-state index contributed by atoms with van der Waals surface area (Å²) in [6.07, 6.45) is 0. The van der Waals surface area contributed by atoms with Crippen molar-refractivity contribution in [3.05, 3.63) is 108 Å². The highest BCUT2D eigenvalue weighted by Gasteiger charge is 2.37. The Balaban J connectivity index is 2.27. The van der Waals surface area contributed by atoms with E-state index in [9.17, 15) is 10.2 Å². The monoisotopic (exact) mass is 333 g/mol. The number of hydrogen-bond donors (Lipinski definition) is 3. The first-order valence-electron chi connectivity index (χ1n) is 8.47. The molecule has 0 spiro atoms. The predicted octanol–water partition coefficient (Wildman–Crippen LogP) is 2.92. The summed E-state index contributed by atoms with van der Waals surface area (Å²) in [4.78, 5) is 0. The molecule has 0 amide bonds. The molecule has 0 saturated carbocycles. The third-order valence-electron chi connectivity index (χ3n) is 4.48. The molecule has 3 N–H and O–H groups in total. The second kappa shape index (κ2) is 8.08. The molecule has 0 aliphatic carbocycles. The van der Waals surface area contributed by atoms with Crippen LogP contribution in [0.25, 0.3) is 0 Å². The third kappa shape index (κ3) is 3.49. The summed E-state index contributed by atoms with van der Waals surface area (Å²) in [7, 11) is 0. The van der Waals surface area contributed by atoms with Crippen molar-refractivity contribution in [1.82, 2.24) is 5.32 Å². The molecule has 0 aromatic heterocycles. The lowest BCUT2D eigenvalue weighted by Crippen LogP contribution is -2.52. The number of rotatable bonds is 7. The molecule has 0 aliphatic rings. The van der Waals surface area contributed by atoms with Gasteiger partial charge in [0.05, 0.1) is 24.8 Å². The van der Waals surface area contributed by atoms with E-state index >= 15 is 0 Å². The fraction of sp³-hybridized carbons (Fsp3) is 0.182. The third-order valence-corrected chi connectivity index (χ3v) is 4.48. The van der Waals surface area contributed by atoms with Crippen LogP contribution in [0.1, 0.15) is 16.7 Å². The van der Waals surface area contributed by atoms with E-state index in [-0.39, 0.29) is 13.2 Å². The Hall–Kier alpha value is -2.46. The molecule has 0 radical (unpaired) electrons. The molecule has 3 aromatic rings. The average Bonchev–Trinajstić information content (AvgIpc) is 2.71. The standard InChI is InChI=1S/C22H23NO2/c24-16-21(17-25)23-22(18-10-4-1-5-11-18,19-12-6-2-7-13-19)20-14-8-3-9-15-20/h1-15,21,23-25H,16-17H2. The van der Waals surface area contributed by atoms with Crippen molar-refractivity contribution in [2.24, 2.45) is 0 Å². The molecule has 25 heavy (non-hydrogen) atoms. The quantitative estimate of drug-likeness (QED) is 0.583. The van der Waals surface area contributed by atoms with Gasteiger partial charge in [0.15, 0.2) is 0 Å². The van der Waals surface area contributed by atoms with E-state index in [1.54, 1.807) is 0 Å². The van der Waals surface area contributed by atoms with E-state index in [0.717, 1.165) is 16.7 Å². The van der Waals surface area contributed by atoms with Gasteiger partial charge in [0.25, 0.3) is 0 Å². The lowest BCUT2D eigenvalue weighted by molar-refractivity contribution is 0.155. The van der Waals surface area contributed by atoms with Crippen LogP contribution in [0.4, 0.5) is 0 Å². The van der Waals surface area contributed by atoms with Crippen molar-refractivity contribution in [1.29, 1.82) is 0 Å². The molecule has 0 aliphatic heterocycles. The van der Waals surface area contributed by atoms with Crippen LogP contribution >= 0.6 is 0 Å². The number of benzene rings is 3. The molecule has 128 valence electrons. The largest absolute Gasteiger partial charge is 0.395 e. The van der Waals surface area contributed by atoms with Crippen LogP contribution in [0.2, 0.25) is 0 Å². The summed E-state index contributed by atoms with van der Waals surface area (Å²) in [6, 6.07) is 30.0. The van der Waals surface area contributed by atoms with Crippen LogP contribution in [0.15, 0.2) is 91.0 Å². The van der Waals surface area contributed by atoms with Crippen LogP contribution in [-0.2, 0) is 5.54 Å². The molecular formula is C22H23NO2. The Labute approximate surface area is 148 Å². The first kappa shape index (κ1) is 17.4. The Morgan fingerprint density at radius 3 is 1.20 bits per heavy atom. The van der Waals surface area contributed by atoms with Crippen LogP contribution in [-0.4, -0.2) is 29.5 Å². The van der Waals surface area contributed by atoms with Gasteiger partial charge in [-0.1, -0.05) is 91.0 Å². The van der Waals surface area contributed by atoms with Crippen molar-refractivity contribution < 1.29 is 10.2 Å². The summed E-state index contributed by atoms with van der Waals surface area (Å²) in [5.41, 5.74) is 2.50. The number of aliphatic hydroxyl groups is 2. The molecule has 0 heterocycles. The smallest absolute Gasteiger partial charge is 0.0951 e. The van der Waals surface area contributed by atoms with Gasteiger partial charge in [0, 0.05) is 0 Å². The van der Waals surface area contributed by atoms with Gasteiger partial charge in [-0.15, -0.1) is 0 Å². The van der Waals surface area contributed by atoms with Crippen molar-refractivity contribution in [2.45, 2.75) is 11.6 Å². The number of hydrogen-bond acceptors (Lipinski definition) is 3. The van der Waals surface area contributed by atoms with E-state index in [1.165, 1.54) is 0 Å².